The molecule has 0 unspecified atom stereocenters. The van der Waals surface area contributed by atoms with E-state index in [1.807, 2.05) is 30.3 Å². The number of piperidine rings is 1. The lowest BCUT2D eigenvalue weighted by molar-refractivity contribution is -0.139. The highest BCUT2D eigenvalue weighted by atomic mass is 32.2. The van der Waals surface area contributed by atoms with Crippen LogP contribution in [0.3, 0.4) is 0 Å². The molecule has 1 N–H and O–H groups in total. The second-order valence-electron chi connectivity index (χ2n) is 8.92. The van der Waals surface area contributed by atoms with Gasteiger partial charge in [-0.3, -0.25) is 0 Å². The highest BCUT2D eigenvalue weighted by Crippen LogP contribution is 2.36. The molecule has 0 atom stereocenters. The first-order valence-electron chi connectivity index (χ1n) is 11.8. The largest absolute Gasteiger partial charge is 0.417 e. The number of nitrogens with one attached hydrogen (secondary N) is 1. The second kappa shape index (κ2) is 10.8. The Morgan fingerprint density at radius 1 is 0.811 bits per heavy atom. The van der Waals surface area contributed by atoms with Crippen molar-refractivity contribution >= 4 is 25.5 Å². The Morgan fingerprint density at radius 2 is 1.41 bits per heavy atom. The maximum Gasteiger partial charge on any atom is 0.417 e. The minimum Gasteiger partial charge on any atom is -0.372 e. The molecule has 3 aromatic carbocycles. The summed E-state index contributed by atoms with van der Waals surface area (Å²) in [6.45, 7) is 1.56. The molecule has 0 radical (unpaired) electrons. The number of halogens is 3. The summed E-state index contributed by atoms with van der Waals surface area (Å²) in [5, 5.41) is 0. The van der Waals surface area contributed by atoms with Gasteiger partial charge in [-0.15, -0.1) is 0 Å². The Bertz CT molecular complexity index is 1420. The number of nitrogens with zero attached hydrogens (tertiary/aromatic N) is 1. The van der Waals surface area contributed by atoms with E-state index in [-0.39, 0.29) is 17.4 Å². The van der Waals surface area contributed by atoms with Crippen LogP contribution in [0.15, 0.2) is 93.5 Å². The zero-order valence-electron chi connectivity index (χ0n) is 19.9. The summed E-state index contributed by atoms with van der Waals surface area (Å²) in [4.78, 5) is 0.471. The standard InChI is InChI=1S/C26H27F3N2O4S2/c27-26(28,29)24-12-11-23(36(32,33)22-9-5-2-6-10-22)19-25(24)37(34,35)30-16-13-20-14-17-31(18-15-20)21-7-3-1-4-8-21/h1-12,19-20,30H,13-18H2. The molecule has 11 heteroatoms. The molecular weight excluding hydrogens is 525 g/mol. The van der Waals surface area contributed by atoms with Gasteiger partial charge in [0, 0.05) is 25.3 Å². The predicted molar refractivity (Wildman–Crippen MR) is 135 cm³/mol. The zero-order valence-corrected chi connectivity index (χ0v) is 21.5. The minimum atomic E-state index is -4.98. The SMILES string of the molecule is O=S(=O)(NCCC1CCN(c2ccccc2)CC1)c1cc(S(=O)(=O)c2ccccc2)ccc1C(F)(F)F. The van der Waals surface area contributed by atoms with Crippen LogP contribution in [0.2, 0.25) is 0 Å². The van der Waals surface area contributed by atoms with E-state index in [0.717, 1.165) is 37.7 Å². The fraction of sp³-hybridized carbons (Fsp3) is 0.308. The predicted octanol–water partition coefficient (Wildman–Crippen LogP) is 5.12. The van der Waals surface area contributed by atoms with Crippen LogP contribution in [0.25, 0.3) is 0 Å². The number of hydrogen-bond acceptors (Lipinski definition) is 5. The quantitative estimate of drug-likeness (QED) is 0.419. The van der Waals surface area contributed by atoms with E-state index in [1.54, 1.807) is 6.07 Å². The summed E-state index contributed by atoms with van der Waals surface area (Å²) < 4.78 is 95.1. The van der Waals surface area contributed by atoms with E-state index in [0.29, 0.717) is 18.6 Å². The molecule has 4 rings (SSSR count). The maximum absolute atomic E-state index is 13.7. The molecule has 1 aliphatic heterocycles. The van der Waals surface area contributed by atoms with E-state index in [2.05, 4.69) is 9.62 Å². The molecule has 1 fully saturated rings. The van der Waals surface area contributed by atoms with Crippen molar-refractivity contribution in [2.75, 3.05) is 24.5 Å². The summed E-state index contributed by atoms with van der Waals surface area (Å²) in [7, 11) is -8.85. The van der Waals surface area contributed by atoms with Gasteiger partial charge in [0.2, 0.25) is 19.9 Å². The van der Waals surface area contributed by atoms with Crippen LogP contribution < -0.4 is 9.62 Å². The van der Waals surface area contributed by atoms with Gasteiger partial charge in [0.15, 0.2) is 0 Å². The Labute approximate surface area is 215 Å². The monoisotopic (exact) mass is 552 g/mol. The van der Waals surface area contributed by atoms with E-state index in [1.165, 1.54) is 24.3 Å². The molecule has 1 heterocycles. The molecule has 37 heavy (non-hydrogen) atoms. The summed E-state index contributed by atoms with van der Waals surface area (Å²) in [6.07, 6.45) is -2.86. The third-order valence-corrected chi connectivity index (χ3v) is 9.76. The van der Waals surface area contributed by atoms with Crippen LogP contribution in [0.5, 0.6) is 0 Å². The lowest BCUT2D eigenvalue weighted by Gasteiger charge is -2.33. The Kier molecular flexibility index (Phi) is 7.96. The van der Waals surface area contributed by atoms with Gasteiger partial charge in [-0.1, -0.05) is 36.4 Å². The van der Waals surface area contributed by atoms with Gasteiger partial charge in [0.1, 0.15) is 0 Å². The van der Waals surface area contributed by atoms with Crippen LogP contribution in [0.1, 0.15) is 24.8 Å². The lowest BCUT2D eigenvalue weighted by Crippen LogP contribution is -2.35. The number of sulfonamides is 1. The minimum absolute atomic E-state index is 0.0503. The molecule has 3 aromatic rings. The van der Waals surface area contributed by atoms with Crippen LogP contribution in [0, 0.1) is 5.92 Å². The molecule has 0 aliphatic carbocycles. The van der Waals surface area contributed by atoms with Crippen molar-refractivity contribution in [2.24, 2.45) is 5.92 Å². The molecule has 0 bridgehead atoms. The molecule has 1 saturated heterocycles. The van der Waals surface area contributed by atoms with Crippen molar-refractivity contribution in [1.82, 2.24) is 4.72 Å². The topological polar surface area (TPSA) is 83.6 Å². The Morgan fingerprint density at radius 3 is 2.00 bits per heavy atom. The second-order valence-corrected chi connectivity index (χ2v) is 12.6. The molecule has 1 aliphatic rings. The highest BCUT2D eigenvalue weighted by Gasteiger charge is 2.38. The number of benzene rings is 3. The summed E-state index contributed by atoms with van der Waals surface area (Å²) in [6, 6.07) is 18.9. The first kappa shape index (κ1) is 27.2. The highest BCUT2D eigenvalue weighted by molar-refractivity contribution is 7.91. The van der Waals surface area contributed by atoms with Crippen LogP contribution >= 0.6 is 0 Å². The normalized spacial score (nSPS) is 15.6. The number of alkyl halides is 3. The molecule has 0 amide bonds. The van der Waals surface area contributed by atoms with Gasteiger partial charge in [0.05, 0.1) is 20.2 Å². The van der Waals surface area contributed by atoms with Crippen molar-refractivity contribution < 1.29 is 30.0 Å². The summed E-state index contributed by atoms with van der Waals surface area (Å²) in [5.74, 6) is 0.217. The van der Waals surface area contributed by atoms with Crippen molar-refractivity contribution in [3.63, 3.8) is 0 Å². The van der Waals surface area contributed by atoms with E-state index >= 15 is 0 Å². The van der Waals surface area contributed by atoms with Crippen LogP contribution in [-0.4, -0.2) is 36.5 Å². The Balaban J connectivity index is 1.48. The first-order chi connectivity index (χ1) is 17.5. The molecule has 0 spiro atoms. The fourth-order valence-corrected chi connectivity index (χ4v) is 7.14. The molecule has 0 aromatic heterocycles. The van der Waals surface area contributed by atoms with Crippen LogP contribution in [-0.2, 0) is 26.0 Å². The Hall–Kier alpha value is -2.89. The van der Waals surface area contributed by atoms with Gasteiger partial charge >= 0.3 is 6.18 Å². The smallest absolute Gasteiger partial charge is 0.372 e. The summed E-state index contributed by atoms with van der Waals surface area (Å²) in [5.41, 5.74) is -0.296. The van der Waals surface area contributed by atoms with Crippen molar-refractivity contribution in [3.8, 4) is 0 Å². The molecular formula is C26H27F3N2O4S2. The van der Waals surface area contributed by atoms with Gasteiger partial charge < -0.3 is 4.90 Å². The number of para-hydroxylation sites is 1. The van der Waals surface area contributed by atoms with Gasteiger partial charge in [-0.05, 0) is 67.6 Å². The van der Waals surface area contributed by atoms with Gasteiger partial charge in [-0.25, -0.2) is 21.6 Å². The van der Waals surface area contributed by atoms with Crippen molar-refractivity contribution in [2.45, 2.75) is 40.1 Å². The third kappa shape index (κ3) is 6.34. The molecule has 6 nitrogen and oxygen atoms in total. The third-order valence-electron chi connectivity index (χ3n) is 6.49. The number of hydrogen-bond donors (Lipinski definition) is 1. The van der Waals surface area contributed by atoms with Crippen molar-refractivity contribution in [3.05, 3.63) is 84.4 Å². The molecule has 0 saturated carbocycles. The number of anilines is 1. The zero-order chi connectivity index (χ0) is 26.7. The van der Waals surface area contributed by atoms with E-state index < -0.39 is 41.4 Å². The average molecular weight is 553 g/mol. The average Bonchev–Trinajstić information content (AvgIpc) is 2.89. The summed E-state index contributed by atoms with van der Waals surface area (Å²) >= 11 is 0. The van der Waals surface area contributed by atoms with Crippen molar-refractivity contribution in [1.29, 1.82) is 0 Å². The van der Waals surface area contributed by atoms with Crippen LogP contribution in [0.4, 0.5) is 18.9 Å². The van der Waals surface area contributed by atoms with E-state index in [9.17, 15) is 30.0 Å². The van der Waals surface area contributed by atoms with E-state index in [4.69, 9.17) is 0 Å². The van der Waals surface area contributed by atoms with Gasteiger partial charge in [-0.2, -0.15) is 13.2 Å². The molecule has 198 valence electrons. The number of sulfone groups is 1. The fourth-order valence-electron chi connectivity index (χ4n) is 4.46. The van der Waals surface area contributed by atoms with Gasteiger partial charge in [0.25, 0.3) is 0 Å². The maximum atomic E-state index is 13.7. The lowest BCUT2D eigenvalue weighted by atomic mass is 9.93. The first-order valence-corrected chi connectivity index (χ1v) is 14.8. The number of rotatable bonds is 8.